The summed E-state index contributed by atoms with van der Waals surface area (Å²) in [5.74, 6) is 0.794. The van der Waals surface area contributed by atoms with Gasteiger partial charge in [-0.05, 0) is 31.5 Å². The zero-order valence-electron chi connectivity index (χ0n) is 14.2. The number of hydrogen-bond acceptors (Lipinski definition) is 4. The van der Waals surface area contributed by atoms with Crippen LogP contribution in [0, 0.1) is 0 Å². The van der Waals surface area contributed by atoms with Gasteiger partial charge in [0.05, 0.1) is 17.8 Å². The highest BCUT2D eigenvalue weighted by Crippen LogP contribution is 2.33. The van der Waals surface area contributed by atoms with E-state index in [1.165, 1.54) is 0 Å². The maximum atomic E-state index is 12.8. The standard InChI is InChI=1S/C18H21F3N4/c1-13(2)25-10-9-24(17-11-22-7-8-23-17)12-16(25)14-3-5-15(6-4-14)18(19,20)21/h3-8,11,13,16H,9-10,12H2,1-2H3. The molecule has 1 fully saturated rings. The number of aromatic nitrogens is 2. The minimum Gasteiger partial charge on any atom is -0.352 e. The van der Waals surface area contributed by atoms with Crippen molar-refractivity contribution < 1.29 is 13.2 Å². The molecular weight excluding hydrogens is 329 g/mol. The monoisotopic (exact) mass is 350 g/mol. The Morgan fingerprint density at radius 2 is 1.80 bits per heavy atom. The summed E-state index contributed by atoms with van der Waals surface area (Å²) in [6.07, 6.45) is 0.682. The molecule has 4 nitrogen and oxygen atoms in total. The highest BCUT2D eigenvalue weighted by Gasteiger charge is 2.33. The molecule has 1 aromatic carbocycles. The first-order valence-electron chi connectivity index (χ1n) is 8.30. The van der Waals surface area contributed by atoms with Gasteiger partial charge in [0.1, 0.15) is 5.82 Å². The molecule has 3 rings (SSSR count). The molecule has 1 atom stereocenters. The van der Waals surface area contributed by atoms with Crippen LogP contribution in [-0.4, -0.2) is 40.5 Å². The van der Waals surface area contributed by atoms with Gasteiger partial charge >= 0.3 is 6.18 Å². The van der Waals surface area contributed by atoms with Crippen molar-refractivity contribution in [1.82, 2.24) is 14.9 Å². The van der Waals surface area contributed by atoms with E-state index in [-0.39, 0.29) is 6.04 Å². The van der Waals surface area contributed by atoms with Crippen LogP contribution in [0.1, 0.15) is 31.0 Å². The Balaban J connectivity index is 1.86. The second-order valence-electron chi connectivity index (χ2n) is 6.48. The first-order valence-corrected chi connectivity index (χ1v) is 8.30. The number of rotatable bonds is 3. The molecule has 0 radical (unpaired) electrons. The molecule has 7 heteroatoms. The van der Waals surface area contributed by atoms with Gasteiger partial charge < -0.3 is 4.90 Å². The van der Waals surface area contributed by atoms with Crippen LogP contribution in [0.3, 0.4) is 0 Å². The van der Waals surface area contributed by atoms with E-state index in [0.717, 1.165) is 36.6 Å². The third-order valence-electron chi connectivity index (χ3n) is 4.58. The number of anilines is 1. The number of alkyl halides is 3. The fourth-order valence-corrected chi connectivity index (χ4v) is 3.27. The number of nitrogens with zero attached hydrogens (tertiary/aromatic N) is 4. The van der Waals surface area contributed by atoms with Gasteiger partial charge in [-0.15, -0.1) is 0 Å². The maximum Gasteiger partial charge on any atom is 0.416 e. The Kier molecular flexibility index (Phi) is 4.94. The molecule has 0 aliphatic carbocycles. The van der Waals surface area contributed by atoms with E-state index in [1.54, 1.807) is 30.7 Å². The predicted molar refractivity (Wildman–Crippen MR) is 90.3 cm³/mol. The van der Waals surface area contributed by atoms with E-state index in [1.807, 2.05) is 0 Å². The largest absolute Gasteiger partial charge is 0.416 e. The molecular formula is C18H21F3N4. The van der Waals surface area contributed by atoms with Crippen LogP contribution >= 0.6 is 0 Å². The smallest absolute Gasteiger partial charge is 0.352 e. The minimum absolute atomic E-state index is 0.0121. The predicted octanol–water partition coefficient (Wildman–Crippen LogP) is 3.77. The van der Waals surface area contributed by atoms with Gasteiger partial charge in [-0.3, -0.25) is 9.88 Å². The molecule has 134 valence electrons. The summed E-state index contributed by atoms with van der Waals surface area (Å²) in [5.41, 5.74) is 0.268. The lowest BCUT2D eigenvalue weighted by molar-refractivity contribution is -0.137. The van der Waals surface area contributed by atoms with Crippen LogP contribution in [0.5, 0.6) is 0 Å². The van der Waals surface area contributed by atoms with Gasteiger partial charge in [-0.1, -0.05) is 12.1 Å². The Morgan fingerprint density at radius 1 is 1.08 bits per heavy atom. The summed E-state index contributed by atoms with van der Waals surface area (Å²) in [5, 5.41) is 0. The Morgan fingerprint density at radius 3 is 2.36 bits per heavy atom. The lowest BCUT2D eigenvalue weighted by Crippen LogP contribution is -2.51. The van der Waals surface area contributed by atoms with Crippen molar-refractivity contribution in [3.8, 4) is 0 Å². The zero-order chi connectivity index (χ0) is 18.0. The fraction of sp³-hybridized carbons (Fsp3) is 0.444. The molecule has 1 unspecified atom stereocenters. The van der Waals surface area contributed by atoms with Gasteiger partial charge in [0.15, 0.2) is 0 Å². The summed E-state index contributed by atoms with van der Waals surface area (Å²) in [6, 6.07) is 5.81. The van der Waals surface area contributed by atoms with Crippen LogP contribution in [-0.2, 0) is 6.18 Å². The number of halogens is 3. The van der Waals surface area contributed by atoms with Crippen molar-refractivity contribution >= 4 is 5.82 Å². The van der Waals surface area contributed by atoms with Crippen molar-refractivity contribution in [3.05, 3.63) is 54.0 Å². The normalized spacial score (nSPS) is 19.4. The summed E-state index contributed by atoms with van der Waals surface area (Å²) in [6.45, 7) is 6.51. The fourth-order valence-electron chi connectivity index (χ4n) is 3.27. The van der Waals surface area contributed by atoms with Crippen molar-refractivity contribution in [3.63, 3.8) is 0 Å². The Hall–Kier alpha value is -2.15. The van der Waals surface area contributed by atoms with Crippen LogP contribution in [0.25, 0.3) is 0 Å². The van der Waals surface area contributed by atoms with Crippen LogP contribution in [0.15, 0.2) is 42.9 Å². The molecule has 1 aliphatic rings. The molecule has 2 aromatic rings. The summed E-state index contributed by atoms with van der Waals surface area (Å²) in [7, 11) is 0. The van der Waals surface area contributed by atoms with E-state index in [4.69, 9.17) is 0 Å². The van der Waals surface area contributed by atoms with Crippen molar-refractivity contribution in [2.75, 3.05) is 24.5 Å². The molecule has 0 amide bonds. The topological polar surface area (TPSA) is 32.3 Å². The van der Waals surface area contributed by atoms with Crippen molar-refractivity contribution in [2.24, 2.45) is 0 Å². The molecule has 0 spiro atoms. The third-order valence-corrected chi connectivity index (χ3v) is 4.58. The van der Waals surface area contributed by atoms with Crippen molar-refractivity contribution in [1.29, 1.82) is 0 Å². The lowest BCUT2D eigenvalue weighted by Gasteiger charge is -2.44. The second-order valence-corrected chi connectivity index (χ2v) is 6.48. The second kappa shape index (κ2) is 7.00. The van der Waals surface area contributed by atoms with E-state index < -0.39 is 11.7 Å². The maximum absolute atomic E-state index is 12.8. The van der Waals surface area contributed by atoms with Gasteiger partial charge in [0, 0.05) is 38.1 Å². The van der Waals surface area contributed by atoms with Gasteiger partial charge in [-0.2, -0.15) is 13.2 Å². The molecule has 0 bridgehead atoms. The number of benzene rings is 1. The third kappa shape index (κ3) is 3.92. The Labute approximate surface area is 145 Å². The van der Waals surface area contributed by atoms with Crippen molar-refractivity contribution in [2.45, 2.75) is 32.1 Å². The van der Waals surface area contributed by atoms with E-state index >= 15 is 0 Å². The van der Waals surface area contributed by atoms with Crippen LogP contribution in [0.2, 0.25) is 0 Å². The van der Waals surface area contributed by atoms with Gasteiger partial charge in [0.25, 0.3) is 0 Å². The molecule has 25 heavy (non-hydrogen) atoms. The average molecular weight is 350 g/mol. The first kappa shape index (κ1) is 17.7. The first-order chi connectivity index (χ1) is 11.9. The average Bonchev–Trinajstić information content (AvgIpc) is 2.61. The van der Waals surface area contributed by atoms with Crippen LogP contribution in [0.4, 0.5) is 19.0 Å². The Bertz CT molecular complexity index is 686. The summed E-state index contributed by atoms with van der Waals surface area (Å²) in [4.78, 5) is 12.9. The molecule has 1 saturated heterocycles. The van der Waals surface area contributed by atoms with Gasteiger partial charge in [-0.25, -0.2) is 4.98 Å². The molecule has 0 saturated carbocycles. The van der Waals surface area contributed by atoms with Crippen LogP contribution < -0.4 is 4.90 Å². The molecule has 1 aliphatic heterocycles. The van der Waals surface area contributed by atoms with Gasteiger partial charge in [0.2, 0.25) is 0 Å². The summed E-state index contributed by atoms with van der Waals surface area (Å²) >= 11 is 0. The quantitative estimate of drug-likeness (QED) is 0.844. The SMILES string of the molecule is CC(C)N1CCN(c2cnccn2)CC1c1ccc(C(F)(F)F)cc1. The molecule has 1 aromatic heterocycles. The molecule has 0 N–H and O–H groups in total. The molecule has 2 heterocycles. The lowest BCUT2D eigenvalue weighted by atomic mass is 9.99. The number of piperazine rings is 1. The van der Waals surface area contributed by atoms with E-state index in [0.29, 0.717) is 12.6 Å². The highest BCUT2D eigenvalue weighted by molar-refractivity contribution is 5.38. The number of hydrogen-bond donors (Lipinski definition) is 0. The minimum atomic E-state index is -4.31. The van der Waals surface area contributed by atoms with E-state index in [2.05, 4.69) is 33.6 Å². The zero-order valence-corrected chi connectivity index (χ0v) is 14.2. The van der Waals surface area contributed by atoms with E-state index in [9.17, 15) is 13.2 Å². The highest BCUT2D eigenvalue weighted by atomic mass is 19.4. The summed E-state index contributed by atoms with van der Waals surface area (Å²) < 4.78 is 38.4.